The molecule has 0 bridgehead atoms. The van der Waals surface area contributed by atoms with E-state index in [9.17, 15) is 18.0 Å². The molecule has 1 aromatic heterocycles. The lowest BCUT2D eigenvalue weighted by Crippen LogP contribution is -2.34. The van der Waals surface area contributed by atoms with E-state index in [-0.39, 0.29) is 12.5 Å². The van der Waals surface area contributed by atoms with E-state index in [1.807, 2.05) is 30.3 Å². The summed E-state index contributed by atoms with van der Waals surface area (Å²) in [6.07, 6.45) is 9.76. The number of benzene rings is 1. The molecular weight excluding hydrogens is 518 g/mol. The number of sulfonamides is 1. The van der Waals surface area contributed by atoms with Crippen LogP contribution in [0.1, 0.15) is 82.6 Å². The van der Waals surface area contributed by atoms with Crippen LogP contribution in [0.15, 0.2) is 30.3 Å². The monoisotopic (exact) mass is 559 g/mol. The summed E-state index contributed by atoms with van der Waals surface area (Å²) in [5.74, 6) is 1.22. The number of hydrogen-bond acceptors (Lipinski definition) is 5. The molecule has 38 heavy (non-hydrogen) atoms. The molecule has 208 valence electrons. The number of carbonyl (C=O) groups is 2. The Kier molecular flexibility index (Phi) is 9.52. The molecule has 2 N–H and O–H groups in total. The van der Waals surface area contributed by atoms with Gasteiger partial charge in [-0.2, -0.15) is 8.42 Å². The minimum absolute atomic E-state index is 0.234. The van der Waals surface area contributed by atoms with Crippen molar-refractivity contribution in [2.75, 3.05) is 11.3 Å². The van der Waals surface area contributed by atoms with Crippen LogP contribution in [-0.4, -0.2) is 37.1 Å². The second kappa shape index (κ2) is 12.6. The molecule has 7 nitrogen and oxygen atoms in total. The van der Waals surface area contributed by atoms with Gasteiger partial charge in [-0.05, 0) is 68.1 Å². The van der Waals surface area contributed by atoms with Crippen LogP contribution >= 0.6 is 11.3 Å². The van der Waals surface area contributed by atoms with E-state index in [2.05, 4.69) is 28.8 Å². The average Bonchev–Trinajstić information content (AvgIpc) is 3.64. The minimum atomic E-state index is -4.20. The summed E-state index contributed by atoms with van der Waals surface area (Å²) < 4.78 is 27.7. The van der Waals surface area contributed by atoms with E-state index in [4.69, 9.17) is 0 Å². The number of thiophene rings is 1. The second-order valence-electron chi connectivity index (χ2n) is 11.1. The van der Waals surface area contributed by atoms with Crippen molar-refractivity contribution in [1.82, 2.24) is 10.2 Å². The molecule has 9 heteroatoms. The number of nitrogens with one attached hydrogen (secondary N) is 2. The maximum absolute atomic E-state index is 13.2. The molecule has 2 amide bonds. The van der Waals surface area contributed by atoms with Gasteiger partial charge in [-0.25, -0.2) is 0 Å². The highest BCUT2D eigenvalue weighted by atomic mass is 32.2. The van der Waals surface area contributed by atoms with E-state index in [0.717, 1.165) is 40.8 Å². The molecule has 2 fully saturated rings. The summed E-state index contributed by atoms with van der Waals surface area (Å²) in [6, 6.07) is 10.4. The van der Waals surface area contributed by atoms with E-state index in [0.29, 0.717) is 35.8 Å². The van der Waals surface area contributed by atoms with Gasteiger partial charge in [0.2, 0.25) is 5.91 Å². The molecule has 1 heterocycles. The van der Waals surface area contributed by atoms with Crippen LogP contribution in [0.25, 0.3) is 11.1 Å². The lowest BCUT2D eigenvalue weighted by atomic mass is 9.86. The Morgan fingerprint density at radius 3 is 2.34 bits per heavy atom. The molecule has 0 aliphatic heterocycles. The van der Waals surface area contributed by atoms with Crippen molar-refractivity contribution in [2.24, 2.45) is 11.8 Å². The van der Waals surface area contributed by atoms with Crippen molar-refractivity contribution < 1.29 is 18.0 Å². The fourth-order valence-corrected chi connectivity index (χ4v) is 7.61. The standard InChI is InChI=1S/C29H41N3O4S2/c1-4-30-29(34)38(35,36)31-28-26(18-25(37-28)16-20(2)3)23-12-10-22(11-13-23)19-32(24-14-15-24)27(33)17-21-8-6-5-7-9-21/h10-13,18,20-21,24,31H,4-9,14-17,19H2,1-3H3,(H,30,34). The molecule has 2 aliphatic rings. The number of rotatable bonds is 11. The maximum atomic E-state index is 13.2. The summed E-state index contributed by atoms with van der Waals surface area (Å²) in [5.41, 5.74) is 2.71. The number of amides is 2. The van der Waals surface area contributed by atoms with Crippen molar-refractivity contribution >= 4 is 37.5 Å². The largest absolute Gasteiger partial charge is 0.357 e. The summed E-state index contributed by atoms with van der Waals surface area (Å²) in [6.45, 7) is 6.76. The predicted molar refractivity (Wildman–Crippen MR) is 155 cm³/mol. The van der Waals surface area contributed by atoms with Gasteiger partial charge in [-0.15, -0.1) is 11.3 Å². The first kappa shape index (κ1) is 28.6. The highest BCUT2D eigenvalue weighted by Gasteiger charge is 2.33. The fraction of sp³-hybridized carbons (Fsp3) is 0.586. The third-order valence-corrected chi connectivity index (χ3v) is 9.61. The molecule has 0 radical (unpaired) electrons. The first-order chi connectivity index (χ1) is 18.2. The van der Waals surface area contributed by atoms with Gasteiger partial charge < -0.3 is 10.2 Å². The average molecular weight is 560 g/mol. The highest BCUT2D eigenvalue weighted by Crippen LogP contribution is 2.39. The Morgan fingerprint density at radius 2 is 1.74 bits per heavy atom. The number of anilines is 1. The Labute approximate surface area is 231 Å². The van der Waals surface area contributed by atoms with Crippen LogP contribution in [0.3, 0.4) is 0 Å². The van der Waals surface area contributed by atoms with Crippen LogP contribution in [0.4, 0.5) is 9.80 Å². The number of hydrogen-bond donors (Lipinski definition) is 2. The van der Waals surface area contributed by atoms with Crippen LogP contribution in [0.2, 0.25) is 0 Å². The summed E-state index contributed by atoms with van der Waals surface area (Å²) >= 11 is 1.37. The lowest BCUT2D eigenvalue weighted by molar-refractivity contribution is -0.133. The van der Waals surface area contributed by atoms with E-state index >= 15 is 0 Å². The third-order valence-electron chi connectivity index (χ3n) is 7.30. The van der Waals surface area contributed by atoms with Gasteiger partial charge in [0, 0.05) is 36.0 Å². The summed E-state index contributed by atoms with van der Waals surface area (Å²) in [7, 11) is -4.20. The minimum Gasteiger partial charge on any atom is -0.341 e. The Morgan fingerprint density at radius 1 is 1.05 bits per heavy atom. The van der Waals surface area contributed by atoms with Crippen LogP contribution in [0, 0.1) is 11.8 Å². The summed E-state index contributed by atoms with van der Waals surface area (Å²) in [5, 5.41) is 1.78. The van der Waals surface area contributed by atoms with Crippen molar-refractivity contribution in [3.63, 3.8) is 0 Å². The van der Waals surface area contributed by atoms with Crippen molar-refractivity contribution in [3.05, 3.63) is 40.8 Å². The van der Waals surface area contributed by atoms with Gasteiger partial charge in [-0.1, -0.05) is 57.4 Å². The molecular formula is C29H41N3O4S2. The topological polar surface area (TPSA) is 95.6 Å². The zero-order chi connectivity index (χ0) is 27.3. The van der Waals surface area contributed by atoms with E-state index < -0.39 is 15.3 Å². The van der Waals surface area contributed by atoms with Crippen LogP contribution < -0.4 is 10.0 Å². The maximum Gasteiger partial charge on any atom is 0.357 e. The quantitative estimate of drug-likeness (QED) is 0.326. The molecule has 2 aliphatic carbocycles. The Hall–Kier alpha value is -2.39. The van der Waals surface area contributed by atoms with E-state index in [1.54, 1.807) is 6.92 Å². The molecule has 2 saturated carbocycles. The van der Waals surface area contributed by atoms with Gasteiger partial charge in [-0.3, -0.25) is 14.3 Å². The molecule has 4 rings (SSSR count). The highest BCUT2D eigenvalue weighted by molar-refractivity contribution is 8.07. The first-order valence-electron chi connectivity index (χ1n) is 14.0. The lowest BCUT2D eigenvalue weighted by Gasteiger charge is -2.27. The van der Waals surface area contributed by atoms with Gasteiger partial charge in [0.15, 0.2) is 0 Å². The van der Waals surface area contributed by atoms with Crippen LogP contribution in [0.5, 0.6) is 0 Å². The Bertz CT molecular complexity index is 1210. The second-order valence-corrected chi connectivity index (χ2v) is 13.9. The van der Waals surface area contributed by atoms with Gasteiger partial charge in [0.1, 0.15) is 5.00 Å². The normalized spacial score (nSPS) is 16.4. The van der Waals surface area contributed by atoms with Crippen molar-refractivity contribution in [1.29, 1.82) is 0 Å². The van der Waals surface area contributed by atoms with Crippen molar-refractivity contribution in [3.8, 4) is 11.1 Å². The van der Waals surface area contributed by atoms with Gasteiger partial charge in [0.05, 0.1) is 0 Å². The van der Waals surface area contributed by atoms with E-state index in [1.165, 1.54) is 43.4 Å². The van der Waals surface area contributed by atoms with Crippen LogP contribution in [-0.2, 0) is 27.8 Å². The predicted octanol–water partition coefficient (Wildman–Crippen LogP) is 6.55. The van der Waals surface area contributed by atoms with Gasteiger partial charge >= 0.3 is 15.3 Å². The summed E-state index contributed by atoms with van der Waals surface area (Å²) in [4.78, 5) is 28.4. The molecule has 0 saturated heterocycles. The zero-order valence-corrected chi connectivity index (χ0v) is 24.4. The molecule has 0 atom stereocenters. The molecule has 2 aromatic rings. The molecule has 0 spiro atoms. The Balaban J connectivity index is 1.51. The zero-order valence-electron chi connectivity index (χ0n) is 22.8. The third kappa shape index (κ3) is 7.59. The molecule has 0 unspecified atom stereocenters. The fourth-order valence-electron chi connectivity index (χ4n) is 5.19. The smallest absolute Gasteiger partial charge is 0.341 e. The first-order valence-corrected chi connectivity index (χ1v) is 16.3. The van der Waals surface area contributed by atoms with Crippen molar-refractivity contribution in [2.45, 2.75) is 91.1 Å². The SMILES string of the molecule is CCNC(=O)S(=O)(=O)Nc1sc(CC(C)C)cc1-c1ccc(CN(C(=O)CC2CCCCC2)C2CC2)cc1. The number of nitrogens with zero attached hydrogens (tertiary/aromatic N) is 1. The van der Waals surface area contributed by atoms with Gasteiger partial charge in [0.25, 0.3) is 0 Å². The number of carbonyl (C=O) groups excluding carboxylic acids is 2. The molecule has 1 aromatic carbocycles.